The summed E-state index contributed by atoms with van der Waals surface area (Å²) in [6.45, 7) is 14.8. The van der Waals surface area contributed by atoms with Gasteiger partial charge in [-0.2, -0.15) is 0 Å². The van der Waals surface area contributed by atoms with Gasteiger partial charge in [0.05, 0.1) is 0 Å². The standard InChI is InChI=1S/C16H19.C13H22P.Fe/c1-2-3-4-8-14-9-7-12-16(13-14)15-10-5-6-11-15;1-12(2,3)14(13(4,5)6)11-9-7-8-10-11;/h5-7,9-13H,2-4,8H2,1H3;7-10H,1-6H3;. The molecule has 0 radical (unpaired) electrons. The van der Waals surface area contributed by atoms with E-state index in [-0.39, 0.29) is 7.92 Å². The quantitative estimate of drug-likeness (QED) is 0.218. The zero-order valence-corrected chi connectivity index (χ0v) is 22.6. The Hall–Kier alpha value is 0.169. The van der Waals surface area contributed by atoms with Crippen LogP contribution < -0.4 is 0 Å². The molecule has 0 aromatic heterocycles. The van der Waals surface area contributed by atoms with Crippen molar-refractivity contribution in [3.8, 4) is 0 Å². The second-order valence-corrected chi connectivity index (χ2v) is 45.3. The van der Waals surface area contributed by atoms with Crippen molar-refractivity contribution < 1.29 is 6.51 Å². The number of hydrogen-bond donors (Lipinski definition) is 0. The van der Waals surface area contributed by atoms with Crippen molar-refractivity contribution in [1.29, 1.82) is 0 Å². The Kier molecular flexibility index (Phi) is 1.14. The average Bonchev–Trinajstić information content (AvgIpc) is 3.61. The fourth-order valence-corrected chi connectivity index (χ4v) is 115. The minimum absolute atomic E-state index is 0.0983. The van der Waals surface area contributed by atoms with Gasteiger partial charge in [0.1, 0.15) is 0 Å². The Morgan fingerprint density at radius 2 is 1.42 bits per heavy atom. The summed E-state index contributed by atoms with van der Waals surface area (Å²) in [5.74, 6) is 0. The third-order valence-electron chi connectivity index (χ3n) is 18.9. The Morgan fingerprint density at radius 3 is 1.90 bits per heavy atom. The molecule has 11 rings (SSSR count). The average molecular weight is 476 g/mol. The van der Waals surface area contributed by atoms with Crippen molar-refractivity contribution in [2.45, 2.75) is 131 Å². The van der Waals surface area contributed by atoms with E-state index in [0.29, 0.717) is 10.3 Å². The van der Waals surface area contributed by atoms with Gasteiger partial charge < -0.3 is 0 Å². The van der Waals surface area contributed by atoms with Crippen LogP contribution in [0.3, 0.4) is 0 Å². The number of rotatable bonds is 6. The van der Waals surface area contributed by atoms with Crippen LogP contribution in [0.15, 0.2) is 24.3 Å². The first-order valence-electron chi connectivity index (χ1n) is 13.4. The van der Waals surface area contributed by atoms with Crippen molar-refractivity contribution in [3.63, 3.8) is 0 Å². The molecule has 10 fully saturated rings. The van der Waals surface area contributed by atoms with Crippen LogP contribution in [0.4, 0.5) is 0 Å². The molecule has 10 heterocycles. The van der Waals surface area contributed by atoms with Crippen molar-refractivity contribution >= 4 is 7.92 Å². The summed E-state index contributed by atoms with van der Waals surface area (Å²) in [7, 11) is 0.0983. The first-order valence-corrected chi connectivity index (χ1v) is 21.0. The molecule has 10 aliphatic rings. The van der Waals surface area contributed by atoms with E-state index in [1.165, 1.54) is 64.2 Å². The molecule has 31 heavy (non-hydrogen) atoms. The van der Waals surface area contributed by atoms with Crippen molar-refractivity contribution in [2.24, 2.45) is 0 Å². The fourth-order valence-electron chi connectivity index (χ4n) is 21.4. The summed E-state index contributed by atoms with van der Waals surface area (Å²) in [6.07, 6.45) is 5.46. The predicted molar refractivity (Wildman–Crippen MR) is 131 cm³/mol. The number of aryl methyl sites for hydroxylation is 1. The summed E-state index contributed by atoms with van der Waals surface area (Å²) in [5, 5.41) is 1.07. The molecule has 8 unspecified atom stereocenters. The molecule has 0 saturated carbocycles. The van der Waals surface area contributed by atoms with E-state index in [1.807, 2.05) is 5.56 Å². The number of benzene rings is 1. The molecule has 0 amide bonds. The Labute approximate surface area is 180 Å². The molecule has 0 aliphatic carbocycles. The van der Waals surface area contributed by atoms with E-state index >= 15 is 0 Å². The normalized spacial score (nSPS) is 74.5. The molecule has 1 spiro atoms. The second-order valence-electron chi connectivity index (χ2n) is 17.6. The topological polar surface area (TPSA) is 0 Å². The van der Waals surface area contributed by atoms with Gasteiger partial charge in [0.2, 0.25) is 0 Å². The monoisotopic (exact) mass is 476 g/mol. The molecule has 1 aromatic rings. The van der Waals surface area contributed by atoms with Crippen LogP contribution in [0.25, 0.3) is 0 Å². The van der Waals surface area contributed by atoms with Gasteiger partial charge in [-0.1, -0.05) is 0 Å². The van der Waals surface area contributed by atoms with E-state index < -0.39 is 6.51 Å². The van der Waals surface area contributed by atoms with E-state index in [0.717, 1.165) is 8.37 Å². The minimum atomic E-state index is -3.50. The predicted octanol–water partition coefficient (Wildman–Crippen LogP) is 9.20. The van der Waals surface area contributed by atoms with Gasteiger partial charge in [-0.15, -0.1) is 0 Å². The first-order chi connectivity index (χ1) is 14.3. The van der Waals surface area contributed by atoms with Crippen molar-refractivity contribution in [2.75, 3.05) is 0 Å². The van der Waals surface area contributed by atoms with Crippen LogP contribution in [-0.4, -0.2) is 14.4 Å². The summed E-state index contributed by atoms with van der Waals surface area (Å²) < 4.78 is 1.87. The molecule has 10 aliphatic heterocycles. The molecular weight excluding hydrogens is 435 g/mol. The summed E-state index contributed by atoms with van der Waals surface area (Å²) in [4.78, 5) is 11.0. The molecule has 1 aromatic carbocycles. The van der Waals surface area contributed by atoms with Crippen LogP contribution in [0.1, 0.15) is 78.9 Å². The molecule has 170 valence electrons. The van der Waals surface area contributed by atoms with Crippen molar-refractivity contribution in [1.82, 2.24) is 0 Å². The third-order valence-corrected chi connectivity index (χ3v) is 69.6. The van der Waals surface area contributed by atoms with E-state index in [4.69, 9.17) is 0 Å². The summed E-state index contributed by atoms with van der Waals surface area (Å²) in [6, 6.07) is 10.4. The SMILES string of the molecule is CCCCCc1cccc([C]23[CH]4[CH]5[CH]6[CH]2[Fe]56432789[CH]3[CH]2[CH]7[C]8(P(C(C)(C)C)C(C)(C)C)[CH]39)c1. The summed E-state index contributed by atoms with van der Waals surface area (Å²) >= 11 is 0. The molecule has 0 bridgehead atoms. The van der Waals surface area contributed by atoms with Gasteiger partial charge in [0.15, 0.2) is 0 Å². The van der Waals surface area contributed by atoms with Gasteiger partial charge in [-0.05, 0) is 0 Å². The number of unbranched alkanes of at least 4 members (excludes halogenated alkanes) is 2. The van der Waals surface area contributed by atoms with Crippen LogP contribution >= 0.6 is 7.92 Å². The van der Waals surface area contributed by atoms with Gasteiger partial charge in [-0.3, -0.25) is 0 Å². The van der Waals surface area contributed by atoms with Crippen LogP contribution in [0.2, 0.25) is 38.5 Å². The van der Waals surface area contributed by atoms with Gasteiger partial charge in [0, 0.05) is 0 Å². The van der Waals surface area contributed by atoms with Gasteiger partial charge in [0.25, 0.3) is 0 Å². The Balaban J connectivity index is 1.17. The van der Waals surface area contributed by atoms with Gasteiger partial charge >= 0.3 is 181 Å². The molecule has 8 atom stereocenters. The maximum absolute atomic E-state index is 3.50. The van der Waals surface area contributed by atoms with Crippen LogP contribution in [0, 0.1) is 0 Å². The molecule has 2 heteroatoms. The number of fused-ring (bicyclic) bond motifs is 10. The maximum atomic E-state index is 2.81. The third kappa shape index (κ3) is 0.340. The number of hydrogen-bond acceptors (Lipinski definition) is 0. The zero-order chi connectivity index (χ0) is 21.3. The fraction of sp³-hybridized carbons (Fsp3) is 0.793. The van der Waals surface area contributed by atoms with Crippen LogP contribution in [0.5, 0.6) is 0 Å². The van der Waals surface area contributed by atoms with Crippen molar-refractivity contribution in [3.05, 3.63) is 35.4 Å². The molecule has 0 N–H and O–H groups in total. The molecular formula is C29H41FeP. The Bertz CT molecular complexity index is 1520. The van der Waals surface area contributed by atoms with Gasteiger partial charge in [-0.25, -0.2) is 0 Å². The second kappa shape index (κ2) is 2.11. The summed E-state index contributed by atoms with van der Waals surface area (Å²) in [5.41, 5.74) is 3.63. The van der Waals surface area contributed by atoms with Crippen LogP contribution in [-0.2, 0) is 17.2 Å². The first kappa shape index (κ1) is 16.7. The van der Waals surface area contributed by atoms with E-state index in [9.17, 15) is 0 Å². The van der Waals surface area contributed by atoms with E-state index in [2.05, 4.69) is 72.7 Å². The zero-order valence-electron chi connectivity index (χ0n) is 20.6. The molecule has 0 nitrogen and oxygen atoms in total. The Morgan fingerprint density at radius 1 is 0.839 bits per heavy atom. The molecule has 10 saturated heterocycles. The van der Waals surface area contributed by atoms with E-state index in [1.54, 1.807) is 5.56 Å².